The van der Waals surface area contributed by atoms with E-state index in [-0.39, 0.29) is 65.3 Å². The zero-order valence-electron chi connectivity index (χ0n) is 34.2. The number of ether oxygens (including phenoxy) is 3. The molecule has 2 aliphatic rings. The number of benzene rings is 1. The molecule has 12 nitrogen and oxygen atoms in total. The van der Waals surface area contributed by atoms with Crippen molar-refractivity contribution in [3.8, 4) is 17.1 Å². The first kappa shape index (κ1) is 45.6. The Morgan fingerprint density at radius 3 is 2.47 bits per heavy atom. The molecule has 0 radical (unpaired) electrons. The van der Waals surface area contributed by atoms with Gasteiger partial charge in [-0.3, -0.25) is 19.2 Å². The molecule has 2 aromatic heterocycles. The summed E-state index contributed by atoms with van der Waals surface area (Å²) >= 11 is 3.54. The molecule has 3 aromatic rings. The number of carbonyl (C=O) groups is 4. The monoisotopic (exact) mass is 871 g/mol. The third-order valence-corrected chi connectivity index (χ3v) is 16.0. The zero-order chi connectivity index (χ0) is 42.2. The summed E-state index contributed by atoms with van der Waals surface area (Å²) in [4.78, 5) is 69.8. The summed E-state index contributed by atoms with van der Waals surface area (Å²) in [6.07, 6.45) is 3.37. The molecule has 314 valence electrons. The maximum absolute atomic E-state index is 13.5. The van der Waals surface area contributed by atoms with E-state index in [2.05, 4.69) is 27.7 Å². The highest BCUT2D eigenvalue weighted by atomic mass is 33.1. The number of rotatable bonds is 21. The van der Waals surface area contributed by atoms with Crippen LogP contribution < -0.4 is 10.3 Å². The number of thioether (sulfide) groups is 2. The Bertz CT molecular complexity index is 2120. The van der Waals surface area contributed by atoms with Gasteiger partial charge in [0.05, 0.1) is 39.7 Å². The number of cyclic esters (lactones) is 1. The maximum Gasteiger partial charge on any atom is 0.343 e. The van der Waals surface area contributed by atoms with Gasteiger partial charge in [0.25, 0.3) is 5.56 Å². The number of aliphatic hydroxyl groups is 1. The molecule has 0 saturated carbocycles. The van der Waals surface area contributed by atoms with E-state index in [1.807, 2.05) is 13.0 Å². The van der Waals surface area contributed by atoms with E-state index < -0.39 is 11.6 Å². The van der Waals surface area contributed by atoms with Crippen LogP contribution >= 0.6 is 45.1 Å². The molecule has 0 spiro atoms. The summed E-state index contributed by atoms with van der Waals surface area (Å²) in [5.74, 6) is 2.21. The normalized spacial score (nSPS) is 16.3. The number of hydrogen-bond donors (Lipinski definition) is 1. The van der Waals surface area contributed by atoms with Gasteiger partial charge in [-0.25, -0.2) is 9.78 Å². The summed E-state index contributed by atoms with van der Waals surface area (Å²) < 4.78 is 17.9. The van der Waals surface area contributed by atoms with E-state index in [1.54, 1.807) is 92.8 Å². The molecule has 0 fully saturated rings. The van der Waals surface area contributed by atoms with Crippen LogP contribution in [0.15, 0.2) is 45.7 Å². The highest BCUT2D eigenvalue weighted by Crippen LogP contribution is 2.40. The lowest BCUT2D eigenvalue weighted by Crippen LogP contribution is -2.44. The maximum atomic E-state index is 13.5. The highest BCUT2D eigenvalue weighted by molar-refractivity contribution is 8.78. The third-order valence-electron chi connectivity index (χ3n) is 9.90. The van der Waals surface area contributed by atoms with Crippen molar-refractivity contribution in [1.82, 2.24) is 14.5 Å². The standard InChI is InChI=1S/C42H53N3O9S4/c1-8-42(51)32-21-34-38-29(22-45(34)39(49)31(32)23-53-40(42)50)19-28-20-30(13-14-33(28)43-38)54-37(48)12-10-18-56-41(5,6)55-17-9-11-36(47)52-16-15-35(27(4)44(7)25-46)58-57-24-26(2)3/h13-14,19-21,25-26,51H,8-12,15-18,22-24H2,1-7H3/b35-27-/t42-/m0/s1. The second-order valence-corrected chi connectivity index (χ2v) is 21.3. The molecule has 0 aliphatic carbocycles. The molecule has 2 aliphatic heterocycles. The van der Waals surface area contributed by atoms with Gasteiger partial charge in [-0.1, -0.05) is 42.4 Å². The van der Waals surface area contributed by atoms with E-state index in [0.29, 0.717) is 54.3 Å². The minimum atomic E-state index is -1.89. The molecular weight excluding hydrogens is 819 g/mol. The minimum Gasteiger partial charge on any atom is -0.465 e. The number of fused-ring (bicyclic) bond motifs is 5. The van der Waals surface area contributed by atoms with Gasteiger partial charge in [-0.05, 0) is 87.8 Å². The smallest absolute Gasteiger partial charge is 0.343 e. The average molecular weight is 872 g/mol. The summed E-state index contributed by atoms with van der Waals surface area (Å²) in [6, 6.07) is 8.84. The summed E-state index contributed by atoms with van der Waals surface area (Å²) in [6.45, 7) is 12.6. The fourth-order valence-electron chi connectivity index (χ4n) is 6.45. The first-order chi connectivity index (χ1) is 27.6. The van der Waals surface area contributed by atoms with E-state index in [9.17, 15) is 29.1 Å². The van der Waals surface area contributed by atoms with Crippen LogP contribution in [0, 0.1) is 5.92 Å². The SMILES string of the molecule is CC[C@@]1(O)C(=O)OCc2c1cc1n(c2=O)Cc2cc3cc(OC(=O)CCCSC(C)(C)SCCCC(=O)OCC/C(SSCC(C)C)=C(\C)N(C)C=O)ccc3nc2-1. The van der Waals surface area contributed by atoms with Gasteiger partial charge in [-0.15, -0.1) is 23.5 Å². The number of allylic oxidation sites excluding steroid dienone is 1. The first-order valence-electron chi connectivity index (χ1n) is 19.5. The quantitative estimate of drug-likeness (QED) is 0.0215. The number of pyridine rings is 2. The predicted octanol–water partition coefficient (Wildman–Crippen LogP) is 8.04. The van der Waals surface area contributed by atoms with Crippen LogP contribution in [-0.4, -0.2) is 78.9 Å². The number of nitrogens with zero attached hydrogens (tertiary/aromatic N) is 3. The largest absolute Gasteiger partial charge is 0.465 e. The van der Waals surface area contributed by atoms with Crippen LogP contribution in [0.5, 0.6) is 5.75 Å². The molecule has 0 unspecified atom stereocenters. The number of aromatic nitrogens is 2. The number of hydrogen-bond acceptors (Lipinski definition) is 14. The van der Waals surface area contributed by atoms with Crippen LogP contribution in [0.25, 0.3) is 22.3 Å². The van der Waals surface area contributed by atoms with Crippen molar-refractivity contribution in [3.05, 3.63) is 68.0 Å². The predicted molar refractivity (Wildman–Crippen MR) is 235 cm³/mol. The van der Waals surface area contributed by atoms with Crippen LogP contribution in [0.3, 0.4) is 0 Å². The third kappa shape index (κ3) is 11.2. The molecule has 0 bridgehead atoms. The second kappa shape index (κ2) is 20.2. The van der Waals surface area contributed by atoms with Gasteiger partial charge in [0.1, 0.15) is 12.4 Å². The van der Waals surface area contributed by atoms with Crippen molar-refractivity contribution < 1.29 is 38.5 Å². The molecule has 5 rings (SSSR count). The van der Waals surface area contributed by atoms with E-state index in [1.165, 1.54) is 0 Å². The van der Waals surface area contributed by atoms with Crippen LogP contribution in [0.2, 0.25) is 0 Å². The molecule has 16 heteroatoms. The Morgan fingerprint density at radius 2 is 1.79 bits per heavy atom. The average Bonchev–Trinajstić information content (AvgIpc) is 3.55. The fourth-order valence-corrected chi connectivity index (χ4v) is 11.8. The molecule has 4 heterocycles. The molecule has 58 heavy (non-hydrogen) atoms. The van der Waals surface area contributed by atoms with Crippen molar-refractivity contribution in [2.24, 2.45) is 5.92 Å². The lowest BCUT2D eigenvalue weighted by atomic mass is 9.86. The highest BCUT2D eigenvalue weighted by Gasteiger charge is 2.45. The molecular formula is C42H53N3O9S4. The van der Waals surface area contributed by atoms with Crippen molar-refractivity contribution in [2.45, 2.75) is 103 Å². The lowest BCUT2D eigenvalue weighted by molar-refractivity contribution is -0.172. The first-order valence-corrected chi connectivity index (χ1v) is 23.8. The van der Waals surface area contributed by atoms with E-state index >= 15 is 0 Å². The number of amides is 1. The van der Waals surface area contributed by atoms with E-state index in [0.717, 1.165) is 45.2 Å². The summed E-state index contributed by atoms with van der Waals surface area (Å²) in [7, 11) is 5.11. The van der Waals surface area contributed by atoms with Gasteiger partial charge in [0.15, 0.2) is 5.60 Å². The lowest BCUT2D eigenvalue weighted by Gasteiger charge is -2.31. The summed E-state index contributed by atoms with van der Waals surface area (Å²) in [5.41, 5.74) is 1.80. The Kier molecular flexibility index (Phi) is 15.9. The Balaban J connectivity index is 1.03. The molecule has 1 N–H and O–H groups in total. The van der Waals surface area contributed by atoms with Gasteiger partial charge >= 0.3 is 17.9 Å². The molecule has 1 atom stereocenters. The van der Waals surface area contributed by atoms with Gasteiger partial charge in [0, 0.05) is 59.2 Å². The van der Waals surface area contributed by atoms with Crippen molar-refractivity contribution in [1.29, 1.82) is 0 Å². The minimum absolute atomic E-state index is 0.0709. The Morgan fingerprint density at radius 1 is 1.09 bits per heavy atom. The van der Waals surface area contributed by atoms with Crippen LogP contribution in [0.4, 0.5) is 0 Å². The van der Waals surface area contributed by atoms with Crippen molar-refractivity contribution >= 4 is 80.3 Å². The topological polar surface area (TPSA) is 154 Å². The van der Waals surface area contributed by atoms with Crippen molar-refractivity contribution in [2.75, 3.05) is 30.9 Å². The number of carbonyl (C=O) groups excluding carboxylic acids is 4. The number of esters is 3. The Labute approximate surface area is 356 Å². The second-order valence-electron chi connectivity index (χ2n) is 15.2. The molecule has 1 aromatic carbocycles. The van der Waals surface area contributed by atoms with Crippen LogP contribution in [0.1, 0.15) is 96.8 Å². The Hall–Kier alpha value is -3.44. The van der Waals surface area contributed by atoms with Gasteiger partial charge < -0.3 is 28.8 Å². The molecule has 0 saturated heterocycles. The van der Waals surface area contributed by atoms with E-state index in [4.69, 9.17) is 19.2 Å². The summed E-state index contributed by atoms with van der Waals surface area (Å²) in [5, 5.41) is 11.9. The van der Waals surface area contributed by atoms with Gasteiger partial charge in [-0.2, -0.15) is 0 Å². The van der Waals surface area contributed by atoms with Crippen molar-refractivity contribution in [3.63, 3.8) is 0 Å². The molecule has 1 amide bonds. The zero-order valence-corrected chi connectivity index (χ0v) is 37.5. The van der Waals surface area contributed by atoms with Crippen LogP contribution in [-0.2, 0) is 47.4 Å². The fraction of sp³-hybridized carbons (Fsp3) is 0.524. The van der Waals surface area contributed by atoms with Gasteiger partial charge in [0.2, 0.25) is 6.41 Å².